The van der Waals surface area contributed by atoms with Gasteiger partial charge in [-0.25, -0.2) is 4.79 Å². The number of carbonyl (C=O) groups is 2. The highest BCUT2D eigenvalue weighted by Crippen LogP contribution is 2.10. The minimum Gasteiger partial charge on any atom is -0.508 e. The lowest BCUT2D eigenvalue weighted by molar-refractivity contribution is -0.124. The molecule has 0 aliphatic rings. The van der Waals surface area contributed by atoms with E-state index < -0.39 is 11.9 Å². The van der Waals surface area contributed by atoms with E-state index in [1.165, 1.54) is 30.5 Å². The monoisotopic (exact) mass is 275 g/mol. The second-order valence-electron chi connectivity index (χ2n) is 3.98. The van der Waals surface area contributed by atoms with Gasteiger partial charge >= 0.3 is 5.97 Å². The van der Waals surface area contributed by atoms with Gasteiger partial charge in [-0.1, -0.05) is 0 Å². The van der Waals surface area contributed by atoms with E-state index in [1.54, 1.807) is 12.1 Å². The van der Waals surface area contributed by atoms with Gasteiger partial charge in [-0.3, -0.25) is 4.79 Å². The largest absolute Gasteiger partial charge is 0.508 e. The third-order valence-corrected chi connectivity index (χ3v) is 2.48. The predicted molar refractivity (Wildman–Crippen MR) is 68.9 cm³/mol. The van der Waals surface area contributed by atoms with Gasteiger partial charge in [0.2, 0.25) is 0 Å². The molecule has 1 aromatic carbocycles. The molecule has 1 amide bonds. The van der Waals surface area contributed by atoms with Crippen molar-refractivity contribution >= 4 is 11.9 Å². The first-order chi connectivity index (χ1) is 9.65. The summed E-state index contributed by atoms with van der Waals surface area (Å²) in [6.07, 6.45) is 1.51. The Balaban J connectivity index is 1.75. The van der Waals surface area contributed by atoms with E-state index in [4.69, 9.17) is 14.3 Å². The number of benzene rings is 1. The lowest BCUT2D eigenvalue weighted by Gasteiger charge is -2.05. The van der Waals surface area contributed by atoms with Crippen molar-refractivity contribution in [2.75, 3.05) is 6.61 Å². The molecule has 0 bridgehead atoms. The second kappa shape index (κ2) is 6.42. The van der Waals surface area contributed by atoms with E-state index >= 15 is 0 Å². The SMILES string of the molecule is O=C(COC(=O)c1ccc(O)cc1)NCc1ccco1. The normalized spacial score (nSPS) is 10.0. The van der Waals surface area contributed by atoms with Crippen molar-refractivity contribution in [3.8, 4) is 5.75 Å². The third-order valence-electron chi connectivity index (χ3n) is 2.48. The van der Waals surface area contributed by atoms with E-state index in [2.05, 4.69) is 5.32 Å². The van der Waals surface area contributed by atoms with Crippen molar-refractivity contribution in [2.24, 2.45) is 0 Å². The highest BCUT2D eigenvalue weighted by Gasteiger charge is 2.10. The molecule has 6 heteroatoms. The highest BCUT2D eigenvalue weighted by atomic mass is 16.5. The van der Waals surface area contributed by atoms with Crippen LogP contribution in [0.4, 0.5) is 0 Å². The van der Waals surface area contributed by atoms with Crippen molar-refractivity contribution in [2.45, 2.75) is 6.54 Å². The zero-order valence-electron chi connectivity index (χ0n) is 10.5. The quantitative estimate of drug-likeness (QED) is 0.806. The first-order valence-electron chi connectivity index (χ1n) is 5.90. The molecule has 1 heterocycles. The number of carbonyl (C=O) groups excluding carboxylic acids is 2. The maximum atomic E-state index is 11.6. The van der Waals surface area contributed by atoms with E-state index in [9.17, 15) is 9.59 Å². The summed E-state index contributed by atoms with van der Waals surface area (Å²) < 4.78 is 9.88. The molecule has 0 spiro atoms. The average molecular weight is 275 g/mol. The summed E-state index contributed by atoms with van der Waals surface area (Å²) >= 11 is 0. The summed E-state index contributed by atoms with van der Waals surface area (Å²) in [6.45, 7) is -0.136. The van der Waals surface area contributed by atoms with E-state index in [1.807, 2.05) is 0 Å². The molecule has 0 radical (unpaired) electrons. The fraction of sp³-hybridized carbons (Fsp3) is 0.143. The van der Waals surface area contributed by atoms with Gasteiger partial charge in [0.15, 0.2) is 6.61 Å². The molecule has 0 saturated heterocycles. The number of hydrogen-bond donors (Lipinski definition) is 2. The molecule has 0 aliphatic heterocycles. The Morgan fingerprint density at radius 2 is 1.95 bits per heavy atom. The molecule has 104 valence electrons. The molecule has 0 unspecified atom stereocenters. The van der Waals surface area contributed by atoms with Gasteiger partial charge in [0.1, 0.15) is 11.5 Å². The van der Waals surface area contributed by atoms with E-state index in [-0.39, 0.29) is 24.5 Å². The van der Waals surface area contributed by atoms with Crippen molar-refractivity contribution in [1.29, 1.82) is 0 Å². The van der Waals surface area contributed by atoms with Gasteiger partial charge in [0, 0.05) is 0 Å². The minimum atomic E-state index is -0.627. The fourth-order valence-electron chi connectivity index (χ4n) is 1.46. The number of phenolic OH excluding ortho intramolecular Hbond substituents is 1. The van der Waals surface area contributed by atoms with E-state index in [0.29, 0.717) is 5.76 Å². The summed E-state index contributed by atoms with van der Waals surface area (Å²) in [5, 5.41) is 11.6. The fourth-order valence-corrected chi connectivity index (χ4v) is 1.46. The Kier molecular flexibility index (Phi) is 4.39. The molecule has 2 N–H and O–H groups in total. The molecule has 20 heavy (non-hydrogen) atoms. The lowest BCUT2D eigenvalue weighted by atomic mass is 10.2. The summed E-state index contributed by atoms with van der Waals surface area (Å²) in [5.41, 5.74) is 0.265. The maximum absolute atomic E-state index is 11.6. The Morgan fingerprint density at radius 1 is 1.20 bits per heavy atom. The van der Waals surface area contributed by atoms with Crippen molar-refractivity contribution in [3.05, 3.63) is 54.0 Å². The average Bonchev–Trinajstić information content (AvgIpc) is 2.96. The van der Waals surface area contributed by atoms with Gasteiger partial charge < -0.3 is 19.6 Å². The van der Waals surface area contributed by atoms with Gasteiger partial charge in [-0.05, 0) is 36.4 Å². The van der Waals surface area contributed by atoms with Crippen LogP contribution in [0.5, 0.6) is 5.75 Å². The van der Waals surface area contributed by atoms with Crippen LogP contribution in [0, 0.1) is 0 Å². The number of rotatable bonds is 5. The topological polar surface area (TPSA) is 88.8 Å². The predicted octanol–water partition coefficient (Wildman–Crippen LogP) is 1.46. The number of hydrogen-bond acceptors (Lipinski definition) is 5. The Morgan fingerprint density at radius 3 is 2.60 bits per heavy atom. The number of esters is 1. The van der Waals surface area contributed by atoms with Crippen LogP contribution < -0.4 is 5.32 Å². The number of aromatic hydroxyl groups is 1. The number of furan rings is 1. The Hall–Kier alpha value is -2.76. The molecule has 0 atom stereocenters. The molecule has 6 nitrogen and oxygen atoms in total. The number of amides is 1. The minimum absolute atomic E-state index is 0.0535. The van der Waals surface area contributed by atoms with Crippen molar-refractivity contribution in [3.63, 3.8) is 0 Å². The standard InChI is InChI=1S/C14H13NO5/c16-11-5-3-10(4-6-11)14(18)20-9-13(17)15-8-12-2-1-7-19-12/h1-7,16H,8-9H2,(H,15,17). The van der Waals surface area contributed by atoms with E-state index in [0.717, 1.165) is 0 Å². The molecule has 0 saturated carbocycles. The second-order valence-corrected chi connectivity index (χ2v) is 3.98. The zero-order chi connectivity index (χ0) is 14.4. The van der Waals surface area contributed by atoms with Crippen LogP contribution in [-0.2, 0) is 16.1 Å². The van der Waals surface area contributed by atoms with Gasteiger partial charge in [-0.2, -0.15) is 0 Å². The molecular formula is C14H13NO5. The molecule has 1 aromatic heterocycles. The number of nitrogens with one attached hydrogen (secondary N) is 1. The summed E-state index contributed by atoms with van der Waals surface area (Å²) in [7, 11) is 0. The first kappa shape index (κ1) is 13.7. The van der Waals surface area contributed by atoms with Gasteiger partial charge in [0.05, 0.1) is 18.4 Å². The molecule has 2 rings (SSSR count). The van der Waals surface area contributed by atoms with Gasteiger partial charge in [0.25, 0.3) is 5.91 Å². The maximum Gasteiger partial charge on any atom is 0.338 e. The highest BCUT2D eigenvalue weighted by molar-refractivity contribution is 5.91. The van der Waals surface area contributed by atoms with Crippen LogP contribution in [0.2, 0.25) is 0 Å². The van der Waals surface area contributed by atoms with Crippen LogP contribution in [0.25, 0.3) is 0 Å². The third kappa shape index (κ3) is 3.88. The summed E-state index contributed by atoms with van der Waals surface area (Å²) in [4.78, 5) is 23.0. The smallest absolute Gasteiger partial charge is 0.338 e. The van der Waals surface area contributed by atoms with Gasteiger partial charge in [-0.15, -0.1) is 0 Å². The zero-order valence-corrected chi connectivity index (χ0v) is 10.5. The molecule has 2 aromatic rings. The Bertz CT molecular complexity index is 574. The molecule has 0 fully saturated rings. The Labute approximate surface area is 115 Å². The van der Waals surface area contributed by atoms with Crippen LogP contribution in [-0.4, -0.2) is 23.6 Å². The van der Waals surface area contributed by atoms with Crippen molar-refractivity contribution < 1.29 is 23.8 Å². The van der Waals surface area contributed by atoms with Crippen LogP contribution in [0.1, 0.15) is 16.1 Å². The molecular weight excluding hydrogens is 262 g/mol. The molecule has 0 aliphatic carbocycles. The number of phenols is 1. The van der Waals surface area contributed by atoms with Crippen LogP contribution in [0.3, 0.4) is 0 Å². The summed E-state index contributed by atoms with van der Waals surface area (Å²) in [5.74, 6) is -0.382. The summed E-state index contributed by atoms with van der Waals surface area (Å²) in [6, 6.07) is 9.01. The van der Waals surface area contributed by atoms with Crippen molar-refractivity contribution in [1.82, 2.24) is 5.32 Å². The van der Waals surface area contributed by atoms with Crippen LogP contribution >= 0.6 is 0 Å². The number of ether oxygens (including phenoxy) is 1. The van der Waals surface area contributed by atoms with Crippen LogP contribution in [0.15, 0.2) is 47.1 Å². The lowest BCUT2D eigenvalue weighted by Crippen LogP contribution is -2.28. The first-order valence-corrected chi connectivity index (χ1v) is 5.90.